The average molecular weight is 477 g/mol. The van der Waals surface area contributed by atoms with Crippen molar-refractivity contribution >= 4 is 16.9 Å². The molecular weight excluding hydrogens is 447 g/mol. The van der Waals surface area contributed by atoms with Gasteiger partial charge in [-0.25, -0.2) is 9.07 Å². The molecule has 0 aliphatic rings. The van der Waals surface area contributed by atoms with Gasteiger partial charge < -0.3 is 10.1 Å². The molecule has 1 amide bonds. The third kappa shape index (κ3) is 4.82. The van der Waals surface area contributed by atoms with Crippen LogP contribution < -0.4 is 15.6 Å². The number of nitrogens with one attached hydrogen (secondary N) is 1. The molecule has 8 heteroatoms. The zero-order valence-electron chi connectivity index (χ0n) is 20.4. The highest BCUT2D eigenvalue weighted by Crippen LogP contribution is 2.26. The van der Waals surface area contributed by atoms with Gasteiger partial charge in [-0.1, -0.05) is 18.2 Å². The smallest absolute Gasteiger partial charge is 0.255 e. The van der Waals surface area contributed by atoms with E-state index in [-0.39, 0.29) is 23.7 Å². The number of fused-ring (bicyclic) bond motifs is 1. The van der Waals surface area contributed by atoms with Gasteiger partial charge in [0.1, 0.15) is 17.2 Å². The Balaban J connectivity index is 1.62. The van der Waals surface area contributed by atoms with Gasteiger partial charge in [0.15, 0.2) is 0 Å². The van der Waals surface area contributed by atoms with Crippen LogP contribution in [0, 0.1) is 19.7 Å². The summed E-state index contributed by atoms with van der Waals surface area (Å²) >= 11 is 0. The van der Waals surface area contributed by atoms with Crippen molar-refractivity contribution in [3.8, 4) is 11.4 Å². The summed E-state index contributed by atoms with van der Waals surface area (Å²) in [6, 6.07) is 13.7. The minimum atomic E-state index is -0.373. The number of ether oxygens (including phenoxy) is 1. The third-order valence-electron chi connectivity index (χ3n) is 6.22. The predicted octanol–water partition coefficient (Wildman–Crippen LogP) is 4.22. The van der Waals surface area contributed by atoms with E-state index in [4.69, 9.17) is 4.74 Å². The van der Waals surface area contributed by atoms with Crippen LogP contribution in [0.3, 0.4) is 0 Å². The molecule has 2 aromatic heterocycles. The molecule has 35 heavy (non-hydrogen) atoms. The summed E-state index contributed by atoms with van der Waals surface area (Å²) in [5, 5.41) is 8.39. The van der Waals surface area contributed by atoms with Crippen molar-refractivity contribution in [3.63, 3.8) is 0 Å². The number of hydrogen-bond donors (Lipinski definition) is 1. The van der Waals surface area contributed by atoms with Crippen molar-refractivity contribution in [3.05, 3.63) is 87.1 Å². The van der Waals surface area contributed by atoms with Gasteiger partial charge in [-0.15, -0.1) is 0 Å². The Kier molecular flexibility index (Phi) is 7.00. The minimum absolute atomic E-state index is 0.137. The lowest BCUT2D eigenvalue weighted by Crippen LogP contribution is -2.28. The highest BCUT2D eigenvalue weighted by molar-refractivity contribution is 5.85. The standard InChI is InChI=1S/C27H29FN4O3/c1-5-31-26-25(18(3)30-32(26)21-10-7-9-20(28)15-21)17(2)23(27(31)34)12-13-24(33)29-16-19-8-6-11-22(14-19)35-4/h6-11,14-15H,5,12-13,16H2,1-4H3,(H,29,33). The molecule has 0 spiro atoms. The second kappa shape index (κ2) is 10.1. The Morgan fingerprint density at radius 3 is 2.63 bits per heavy atom. The Bertz CT molecular complexity index is 1460. The molecule has 7 nitrogen and oxygen atoms in total. The molecular formula is C27H29FN4O3. The predicted molar refractivity (Wildman–Crippen MR) is 134 cm³/mol. The first-order chi connectivity index (χ1) is 16.8. The zero-order valence-corrected chi connectivity index (χ0v) is 20.4. The molecule has 4 aromatic rings. The van der Waals surface area contributed by atoms with E-state index >= 15 is 0 Å². The number of benzene rings is 2. The molecule has 0 atom stereocenters. The number of pyridine rings is 1. The van der Waals surface area contributed by atoms with Crippen LogP contribution in [0.4, 0.5) is 4.39 Å². The largest absolute Gasteiger partial charge is 0.497 e. The molecule has 0 aliphatic heterocycles. The number of halogens is 1. The number of amides is 1. The number of nitrogens with zero attached hydrogens (tertiary/aromatic N) is 3. The quantitative estimate of drug-likeness (QED) is 0.413. The lowest BCUT2D eigenvalue weighted by Gasteiger charge is -2.14. The second-order valence-corrected chi connectivity index (χ2v) is 8.46. The van der Waals surface area contributed by atoms with Crippen molar-refractivity contribution in [1.82, 2.24) is 19.7 Å². The molecule has 0 fully saturated rings. The van der Waals surface area contributed by atoms with Crippen molar-refractivity contribution in [1.29, 1.82) is 0 Å². The first-order valence-electron chi connectivity index (χ1n) is 11.6. The number of hydrogen-bond acceptors (Lipinski definition) is 4. The summed E-state index contributed by atoms with van der Waals surface area (Å²) in [6.45, 7) is 6.45. The van der Waals surface area contributed by atoms with Gasteiger partial charge in [-0.3, -0.25) is 14.2 Å². The molecule has 182 valence electrons. The van der Waals surface area contributed by atoms with Crippen LogP contribution in [0.5, 0.6) is 5.75 Å². The van der Waals surface area contributed by atoms with Gasteiger partial charge in [0.2, 0.25) is 5.91 Å². The van der Waals surface area contributed by atoms with E-state index in [0.29, 0.717) is 36.4 Å². The van der Waals surface area contributed by atoms with Gasteiger partial charge in [0.25, 0.3) is 5.56 Å². The maximum absolute atomic E-state index is 13.9. The van der Waals surface area contributed by atoms with E-state index in [9.17, 15) is 14.0 Å². The lowest BCUT2D eigenvalue weighted by molar-refractivity contribution is -0.121. The van der Waals surface area contributed by atoms with Gasteiger partial charge in [-0.2, -0.15) is 5.10 Å². The van der Waals surface area contributed by atoms with Crippen LogP contribution in [0.25, 0.3) is 16.7 Å². The summed E-state index contributed by atoms with van der Waals surface area (Å²) in [6.07, 6.45) is 0.501. The molecule has 0 radical (unpaired) electrons. The average Bonchev–Trinajstić information content (AvgIpc) is 3.20. The van der Waals surface area contributed by atoms with Crippen LogP contribution in [-0.4, -0.2) is 27.4 Å². The van der Waals surface area contributed by atoms with Gasteiger partial charge in [0, 0.05) is 30.5 Å². The number of rotatable bonds is 8. The number of aromatic nitrogens is 3. The molecule has 2 heterocycles. The van der Waals surface area contributed by atoms with Crippen LogP contribution in [0.2, 0.25) is 0 Å². The minimum Gasteiger partial charge on any atom is -0.497 e. The first-order valence-corrected chi connectivity index (χ1v) is 11.6. The zero-order chi connectivity index (χ0) is 25.1. The Labute approximate surface area is 203 Å². The molecule has 0 aliphatic carbocycles. The summed E-state index contributed by atoms with van der Waals surface area (Å²) in [7, 11) is 1.60. The van der Waals surface area contributed by atoms with Crippen molar-refractivity contribution in [2.75, 3.05) is 7.11 Å². The maximum Gasteiger partial charge on any atom is 0.255 e. The summed E-state index contributed by atoms with van der Waals surface area (Å²) < 4.78 is 22.4. The fourth-order valence-corrected chi connectivity index (χ4v) is 4.46. The summed E-state index contributed by atoms with van der Waals surface area (Å²) in [5.74, 6) is 0.222. The first kappa shape index (κ1) is 24.2. The highest BCUT2D eigenvalue weighted by Gasteiger charge is 2.21. The maximum atomic E-state index is 13.9. The van der Waals surface area contributed by atoms with Gasteiger partial charge in [-0.05, 0) is 68.7 Å². The Morgan fingerprint density at radius 1 is 1.14 bits per heavy atom. The van der Waals surface area contributed by atoms with E-state index in [0.717, 1.165) is 28.0 Å². The molecule has 4 rings (SSSR count). The molecule has 0 bridgehead atoms. The number of carbonyl (C=O) groups is 1. The van der Waals surface area contributed by atoms with Crippen LogP contribution >= 0.6 is 0 Å². The molecule has 2 aromatic carbocycles. The number of methoxy groups -OCH3 is 1. The Hall–Kier alpha value is -3.94. The molecule has 0 unspecified atom stereocenters. The van der Waals surface area contributed by atoms with E-state index in [1.807, 2.05) is 45.0 Å². The van der Waals surface area contributed by atoms with Crippen LogP contribution in [-0.2, 0) is 24.3 Å². The van der Waals surface area contributed by atoms with Crippen molar-refractivity contribution in [2.24, 2.45) is 0 Å². The van der Waals surface area contributed by atoms with Crippen molar-refractivity contribution < 1.29 is 13.9 Å². The van der Waals surface area contributed by atoms with Gasteiger partial charge >= 0.3 is 0 Å². The molecule has 0 saturated heterocycles. The third-order valence-corrected chi connectivity index (χ3v) is 6.22. The fraction of sp³-hybridized carbons (Fsp3) is 0.296. The number of carbonyl (C=O) groups excluding carboxylic acids is 1. The Morgan fingerprint density at radius 2 is 1.91 bits per heavy atom. The van der Waals surface area contributed by atoms with E-state index < -0.39 is 0 Å². The fourth-order valence-electron chi connectivity index (χ4n) is 4.46. The molecule has 0 saturated carbocycles. The lowest BCUT2D eigenvalue weighted by atomic mass is 10.0. The van der Waals surface area contributed by atoms with Crippen molar-refractivity contribution in [2.45, 2.75) is 46.7 Å². The topological polar surface area (TPSA) is 78.2 Å². The van der Waals surface area contributed by atoms with E-state index in [1.54, 1.807) is 28.5 Å². The van der Waals surface area contributed by atoms with Gasteiger partial charge in [0.05, 0.1) is 18.5 Å². The van der Waals surface area contributed by atoms with Crippen LogP contribution in [0.1, 0.15) is 35.7 Å². The van der Waals surface area contributed by atoms with E-state index in [1.165, 1.54) is 12.1 Å². The number of aryl methyl sites for hydroxylation is 3. The molecule has 1 N–H and O–H groups in total. The summed E-state index contributed by atoms with van der Waals surface area (Å²) in [5.41, 5.74) is 4.10. The highest BCUT2D eigenvalue weighted by atomic mass is 19.1. The monoisotopic (exact) mass is 476 g/mol. The van der Waals surface area contributed by atoms with E-state index in [2.05, 4.69) is 10.4 Å². The second-order valence-electron chi connectivity index (χ2n) is 8.46. The van der Waals surface area contributed by atoms with Crippen LogP contribution in [0.15, 0.2) is 53.3 Å². The SMILES string of the molecule is CCn1c(=O)c(CCC(=O)NCc2cccc(OC)c2)c(C)c2c(C)nn(-c3cccc(F)c3)c21. The summed E-state index contributed by atoms with van der Waals surface area (Å²) in [4.78, 5) is 26.0. The normalized spacial score (nSPS) is 11.1.